The molecular weight excluding hydrogens is 392 g/mol. The van der Waals surface area contributed by atoms with E-state index in [1.165, 1.54) is 50.3 Å². The third kappa shape index (κ3) is 4.79. The summed E-state index contributed by atoms with van der Waals surface area (Å²) in [6.07, 6.45) is 8.27. The van der Waals surface area contributed by atoms with Gasteiger partial charge in [-0.2, -0.15) is 0 Å². The van der Waals surface area contributed by atoms with Crippen LogP contribution < -0.4 is 15.8 Å². The summed E-state index contributed by atoms with van der Waals surface area (Å²) >= 11 is 0. The summed E-state index contributed by atoms with van der Waals surface area (Å²) in [5.74, 6) is 0.795. The van der Waals surface area contributed by atoms with E-state index < -0.39 is 21.1 Å². The molecule has 0 atom stereocenters. The molecule has 0 bridgehead atoms. The number of rotatable bonds is 5. The van der Waals surface area contributed by atoms with E-state index in [9.17, 15) is 18.0 Å². The highest BCUT2D eigenvalue weighted by Crippen LogP contribution is 2.26. The van der Waals surface area contributed by atoms with Crippen LogP contribution in [0.15, 0.2) is 32.7 Å². The third-order valence-electron chi connectivity index (χ3n) is 6.15. The van der Waals surface area contributed by atoms with Gasteiger partial charge in [-0.1, -0.05) is 19.3 Å². The Kier molecular flexibility index (Phi) is 5.89. The molecule has 1 aromatic heterocycles. The lowest BCUT2D eigenvalue weighted by Gasteiger charge is -2.35. The molecule has 0 unspecified atom stereocenters. The number of H-pyrrole nitrogens is 2. The molecule has 1 saturated heterocycles. The van der Waals surface area contributed by atoms with Gasteiger partial charge in [0.05, 0.1) is 15.9 Å². The second-order valence-corrected chi connectivity index (χ2v) is 10.0. The van der Waals surface area contributed by atoms with Crippen molar-refractivity contribution in [1.82, 2.24) is 19.6 Å². The first-order valence-electron chi connectivity index (χ1n) is 10.4. The fourth-order valence-electron chi connectivity index (χ4n) is 4.52. The van der Waals surface area contributed by atoms with Crippen LogP contribution in [-0.4, -0.2) is 49.0 Å². The Balaban J connectivity index is 1.39. The van der Waals surface area contributed by atoms with Gasteiger partial charge in [0.25, 0.3) is 0 Å². The van der Waals surface area contributed by atoms with Crippen LogP contribution in [0.4, 0.5) is 0 Å². The highest BCUT2D eigenvalue weighted by Gasteiger charge is 2.26. The SMILES string of the molecule is O=c1[nH]c2ccc(S(=O)(=O)NC3CCN(CC4CCCCC4)CC3)cc2[nH]c1=O. The summed E-state index contributed by atoms with van der Waals surface area (Å²) in [4.78, 5) is 30.3. The number of benzene rings is 1. The maximum atomic E-state index is 12.8. The van der Waals surface area contributed by atoms with E-state index in [-0.39, 0.29) is 10.9 Å². The number of piperidine rings is 1. The number of nitrogens with one attached hydrogen (secondary N) is 3. The molecule has 29 heavy (non-hydrogen) atoms. The van der Waals surface area contributed by atoms with Crippen molar-refractivity contribution in [2.45, 2.75) is 55.9 Å². The second-order valence-electron chi connectivity index (χ2n) is 8.32. The van der Waals surface area contributed by atoms with E-state index in [2.05, 4.69) is 19.6 Å². The third-order valence-corrected chi connectivity index (χ3v) is 7.67. The number of aromatic amines is 2. The Bertz CT molecular complexity index is 1080. The molecule has 4 rings (SSSR count). The summed E-state index contributed by atoms with van der Waals surface area (Å²) in [5, 5.41) is 0. The minimum Gasteiger partial charge on any atom is -0.316 e. The quantitative estimate of drug-likeness (QED) is 0.635. The average molecular weight is 421 g/mol. The van der Waals surface area contributed by atoms with Crippen molar-refractivity contribution < 1.29 is 8.42 Å². The molecule has 2 aromatic rings. The highest BCUT2D eigenvalue weighted by atomic mass is 32.2. The van der Waals surface area contributed by atoms with Crippen molar-refractivity contribution >= 4 is 21.1 Å². The second kappa shape index (κ2) is 8.41. The Morgan fingerprint density at radius 1 is 0.931 bits per heavy atom. The van der Waals surface area contributed by atoms with Crippen LogP contribution in [0.5, 0.6) is 0 Å². The summed E-state index contributed by atoms with van der Waals surface area (Å²) in [5.41, 5.74) is -0.874. The molecule has 1 aliphatic carbocycles. The summed E-state index contributed by atoms with van der Waals surface area (Å²) in [7, 11) is -3.70. The lowest BCUT2D eigenvalue weighted by atomic mass is 9.88. The number of hydrogen-bond donors (Lipinski definition) is 3. The molecule has 2 fully saturated rings. The molecule has 2 heterocycles. The summed E-state index contributed by atoms with van der Waals surface area (Å²) < 4.78 is 28.4. The van der Waals surface area contributed by atoms with Crippen molar-refractivity contribution in [3.63, 3.8) is 0 Å². The number of fused-ring (bicyclic) bond motifs is 1. The lowest BCUT2D eigenvalue weighted by molar-refractivity contribution is 0.161. The Morgan fingerprint density at radius 3 is 2.28 bits per heavy atom. The monoisotopic (exact) mass is 420 g/mol. The number of nitrogens with zero attached hydrogens (tertiary/aromatic N) is 1. The van der Waals surface area contributed by atoms with Crippen molar-refractivity contribution in [3.05, 3.63) is 38.9 Å². The predicted octanol–water partition coefficient (Wildman–Crippen LogP) is 1.54. The standard InChI is InChI=1S/C20H28N4O4S/c25-19-20(26)22-18-12-16(6-7-17(18)21-19)29(27,28)23-15-8-10-24(11-9-15)13-14-4-2-1-3-5-14/h6-7,12,14-15,23H,1-5,8-11,13H2,(H,21,25)(H,22,26). The van der Waals surface area contributed by atoms with Gasteiger partial charge in [0.1, 0.15) is 0 Å². The van der Waals surface area contributed by atoms with Gasteiger partial charge in [-0.25, -0.2) is 13.1 Å². The zero-order valence-electron chi connectivity index (χ0n) is 16.4. The largest absolute Gasteiger partial charge is 0.316 e. The van der Waals surface area contributed by atoms with Crippen LogP contribution >= 0.6 is 0 Å². The van der Waals surface area contributed by atoms with Crippen LogP contribution in [0, 0.1) is 5.92 Å². The first-order chi connectivity index (χ1) is 13.9. The Labute approximate surface area is 169 Å². The van der Waals surface area contributed by atoms with Crippen molar-refractivity contribution in [2.24, 2.45) is 5.92 Å². The first-order valence-corrected chi connectivity index (χ1v) is 11.9. The molecule has 3 N–H and O–H groups in total. The first kappa shape index (κ1) is 20.3. The minimum absolute atomic E-state index is 0.0809. The van der Waals surface area contributed by atoms with Crippen LogP contribution in [-0.2, 0) is 10.0 Å². The molecule has 2 aliphatic rings. The molecule has 1 aliphatic heterocycles. The van der Waals surface area contributed by atoms with E-state index in [1.807, 2.05) is 0 Å². The van der Waals surface area contributed by atoms with Gasteiger partial charge in [-0.15, -0.1) is 0 Å². The van der Waals surface area contributed by atoms with Gasteiger partial charge in [0.2, 0.25) is 10.0 Å². The minimum atomic E-state index is -3.70. The molecule has 9 heteroatoms. The maximum Gasteiger partial charge on any atom is 0.314 e. The van der Waals surface area contributed by atoms with Crippen molar-refractivity contribution in [2.75, 3.05) is 19.6 Å². The van der Waals surface area contributed by atoms with Crippen molar-refractivity contribution in [1.29, 1.82) is 0 Å². The molecule has 0 spiro atoms. The van der Waals surface area contributed by atoms with E-state index in [1.54, 1.807) is 0 Å². The average Bonchev–Trinajstić information content (AvgIpc) is 2.70. The van der Waals surface area contributed by atoms with Crippen molar-refractivity contribution in [3.8, 4) is 0 Å². The molecular formula is C20H28N4O4S. The fourth-order valence-corrected chi connectivity index (χ4v) is 5.85. The van der Waals surface area contributed by atoms with Crippen LogP contribution in [0.3, 0.4) is 0 Å². The van der Waals surface area contributed by atoms with Gasteiger partial charge in [-0.05, 0) is 62.9 Å². The summed E-state index contributed by atoms with van der Waals surface area (Å²) in [6, 6.07) is 4.23. The molecule has 1 saturated carbocycles. The zero-order valence-corrected chi connectivity index (χ0v) is 17.3. The normalized spacial score (nSPS) is 20.3. The predicted molar refractivity (Wildman–Crippen MR) is 112 cm³/mol. The van der Waals surface area contributed by atoms with Crippen LogP contribution in [0.25, 0.3) is 11.0 Å². The van der Waals surface area contributed by atoms with Gasteiger partial charge in [-0.3, -0.25) is 9.59 Å². The van der Waals surface area contributed by atoms with E-state index >= 15 is 0 Å². The van der Waals surface area contributed by atoms with Gasteiger partial charge in [0, 0.05) is 12.6 Å². The maximum absolute atomic E-state index is 12.8. The molecule has 158 valence electrons. The van der Waals surface area contributed by atoms with Crippen LogP contribution in [0.2, 0.25) is 0 Å². The van der Waals surface area contributed by atoms with E-state index in [4.69, 9.17) is 0 Å². The molecule has 0 amide bonds. The number of aromatic nitrogens is 2. The molecule has 8 nitrogen and oxygen atoms in total. The highest BCUT2D eigenvalue weighted by molar-refractivity contribution is 7.89. The molecule has 1 aromatic carbocycles. The Hall–Kier alpha value is -1.97. The van der Waals surface area contributed by atoms with Gasteiger partial charge >= 0.3 is 11.1 Å². The molecule has 0 radical (unpaired) electrons. The fraction of sp³-hybridized carbons (Fsp3) is 0.600. The smallest absolute Gasteiger partial charge is 0.314 e. The van der Waals surface area contributed by atoms with Gasteiger partial charge < -0.3 is 14.9 Å². The van der Waals surface area contributed by atoms with Crippen LogP contribution in [0.1, 0.15) is 44.9 Å². The number of sulfonamides is 1. The zero-order chi connectivity index (χ0) is 20.4. The van der Waals surface area contributed by atoms with E-state index in [0.29, 0.717) is 11.0 Å². The Morgan fingerprint density at radius 2 is 1.59 bits per heavy atom. The van der Waals surface area contributed by atoms with Gasteiger partial charge in [0.15, 0.2) is 0 Å². The van der Waals surface area contributed by atoms with E-state index in [0.717, 1.165) is 38.4 Å². The summed E-state index contributed by atoms with van der Waals surface area (Å²) in [6.45, 7) is 2.96. The topological polar surface area (TPSA) is 115 Å². The number of likely N-dealkylation sites (tertiary alicyclic amines) is 1. The number of hydrogen-bond acceptors (Lipinski definition) is 5. The lowest BCUT2D eigenvalue weighted by Crippen LogP contribution is -2.45.